The summed E-state index contributed by atoms with van der Waals surface area (Å²) in [7, 11) is 0. The van der Waals surface area contributed by atoms with Crippen LogP contribution in [-0.2, 0) is 95.1 Å². The summed E-state index contributed by atoms with van der Waals surface area (Å²) in [4.78, 5) is 75.5. The highest BCUT2D eigenvalue weighted by Gasteiger charge is 2.61. The molecule has 0 aliphatic carbocycles. The number of aliphatic hydroxyl groups excluding tert-OH is 23. The zero-order valence-corrected chi connectivity index (χ0v) is 59.5. The van der Waals surface area contributed by atoms with Crippen LogP contribution in [0.25, 0.3) is 0 Å². The number of carboxylic acid groups (broad SMARTS) is 1. The Bertz CT molecular complexity index is 2950. The molecular formula is C61H103N5O44. The number of hydrogen-bond acceptors (Lipinski definition) is 43. The molecule has 0 saturated carbocycles. The molecule has 0 spiro atoms. The van der Waals surface area contributed by atoms with Crippen molar-refractivity contribution in [3.05, 3.63) is 0 Å². The second kappa shape index (κ2) is 40.8. The third-order valence-corrected chi connectivity index (χ3v) is 19.3. The smallest absolute Gasteiger partial charge is 0.364 e. The van der Waals surface area contributed by atoms with Crippen LogP contribution in [0.15, 0.2) is 0 Å². The number of nitrogens with one attached hydrogen (secondary N) is 5. The minimum atomic E-state index is -3.04. The van der Waals surface area contributed by atoms with Crippen molar-refractivity contribution in [2.45, 2.75) is 286 Å². The van der Waals surface area contributed by atoms with Gasteiger partial charge in [-0.05, 0) is 0 Å². The number of amides is 5. The van der Waals surface area contributed by atoms with Gasteiger partial charge >= 0.3 is 5.97 Å². The second-order valence-electron chi connectivity index (χ2n) is 27.3. The molecule has 7 heterocycles. The largest absolute Gasteiger partial charge is 0.477 e. The summed E-state index contributed by atoms with van der Waals surface area (Å²) in [5, 5.41) is 275. The Labute approximate surface area is 623 Å². The molecule has 40 atom stereocenters. The van der Waals surface area contributed by atoms with Crippen molar-refractivity contribution in [3.8, 4) is 0 Å². The van der Waals surface area contributed by atoms with E-state index in [0.717, 1.165) is 34.6 Å². The van der Waals surface area contributed by atoms with Gasteiger partial charge in [-0.3, -0.25) is 24.0 Å². The van der Waals surface area contributed by atoms with Gasteiger partial charge in [-0.2, -0.15) is 0 Å². The molecule has 7 fully saturated rings. The van der Waals surface area contributed by atoms with Crippen LogP contribution in [0, 0.1) is 0 Å². The van der Waals surface area contributed by atoms with Crippen LogP contribution in [0.2, 0.25) is 0 Å². The highest BCUT2D eigenvalue weighted by molar-refractivity contribution is 5.77. The minimum Gasteiger partial charge on any atom is -0.477 e. The van der Waals surface area contributed by atoms with Gasteiger partial charge in [0.15, 0.2) is 37.7 Å². The van der Waals surface area contributed by atoms with E-state index in [0.29, 0.717) is 0 Å². The summed E-state index contributed by atoms with van der Waals surface area (Å²) in [5.74, 6) is -9.48. The monoisotopic (exact) mass is 1610 g/mol. The lowest BCUT2D eigenvalue weighted by atomic mass is 9.88. The number of hydrogen-bond donors (Lipinski definition) is 29. The molecule has 110 heavy (non-hydrogen) atoms. The molecule has 0 unspecified atom stereocenters. The van der Waals surface area contributed by atoms with E-state index in [-0.39, 0.29) is 0 Å². The van der Waals surface area contributed by atoms with Gasteiger partial charge in [-0.1, -0.05) is 0 Å². The van der Waals surface area contributed by atoms with Gasteiger partial charge < -0.3 is 215 Å². The van der Waals surface area contributed by atoms with Crippen LogP contribution < -0.4 is 26.6 Å². The van der Waals surface area contributed by atoms with E-state index < -0.39 is 346 Å². The van der Waals surface area contributed by atoms with Crippen molar-refractivity contribution >= 4 is 35.5 Å². The van der Waals surface area contributed by atoms with E-state index in [1.165, 1.54) is 0 Å². The lowest BCUT2D eigenvalue weighted by Gasteiger charge is -2.51. The van der Waals surface area contributed by atoms with E-state index in [9.17, 15) is 151 Å². The molecular weight excluding hydrogens is 1510 g/mol. The third-order valence-electron chi connectivity index (χ3n) is 19.3. The highest BCUT2D eigenvalue weighted by atomic mass is 16.8. The van der Waals surface area contributed by atoms with Crippen LogP contribution in [0.3, 0.4) is 0 Å². The Kier molecular flexibility index (Phi) is 34.3. The maximum atomic E-state index is 12.9. The fourth-order valence-electron chi connectivity index (χ4n) is 13.7. The Morgan fingerprint density at radius 2 is 0.764 bits per heavy atom. The topological polar surface area (TPSA) is 777 Å². The molecule has 5 amide bonds. The third kappa shape index (κ3) is 21.3. The van der Waals surface area contributed by atoms with Crippen LogP contribution in [-0.4, -0.2) is 462 Å². The number of ether oxygens (including phenoxy) is 14. The normalized spacial score (nSPS) is 42.8. The average Bonchev–Trinajstić information content (AvgIpc) is 0.766. The second-order valence-corrected chi connectivity index (χ2v) is 27.3. The molecule has 0 aromatic heterocycles. The Morgan fingerprint density at radius 1 is 0.400 bits per heavy atom. The summed E-state index contributed by atoms with van der Waals surface area (Å²) in [6.07, 6.45) is -72.5. The van der Waals surface area contributed by atoms with Gasteiger partial charge in [0, 0.05) is 41.0 Å². The van der Waals surface area contributed by atoms with Gasteiger partial charge in [0.25, 0.3) is 5.79 Å². The van der Waals surface area contributed by atoms with Crippen molar-refractivity contribution < 1.29 is 218 Å². The Balaban J connectivity index is 1.08. The van der Waals surface area contributed by atoms with Crippen molar-refractivity contribution in [2.24, 2.45) is 0 Å². The first-order chi connectivity index (χ1) is 51.8. The van der Waals surface area contributed by atoms with E-state index in [1.807, 2.05) is 0 Å². The molecule has 7 aliphatic rings. The van der Waals surface area contributed by atoms with E-state index in [1.54, 1.807) is 0 Å². The molecule has 49 heteroatoms. The molecule has 49 nitrogen and oxygen atoms in total. The fourth-order valence-corrected chi connectivity index (χ4v) is 13.7. The minimum absolute atomic E-state index is 0.789. The molecule has 7 saturated heterocycles. The zero-order valence-electron chi connectivity index (χ0n) is 59.5. The molecule has 29 N–H and O–H groups in total. The van der Waals surface area contributed by atoms with Crippen LogP contribution in [0.1, 0.15) is 41.0 Å². The Morgan fingerprint density at radius 3 is 1.14 bits per heavy atom. The maximum Gasteiger partial charge on any atom is 0.364 e. The molecule has 0 bridgehead atoms. The van der Waals surface area contributed by atoms with Gasteiger partial charge in [-0.15, -0.1) is 0 Å². The first kappa shape index (κ1) is 92.5. The summed E-state index contributed by atoms with van der Waals surface area (Å²) >= 11 is 0. The van der Waals surface area contributed by atoms with Crippen LogP contribution >= 0.6 is 0 Å². The van der Waals surface area contributed by atoms with Crippen molar-refractivity contribution in [2.75, 3.05) is 59.5 Å². The molecule has 636 valence electrons. The molecule has 0 aromatic carbocycles. The van der Waals surface area contributed by atoms with E-state index in [4.69, 9.17) is 66.3 Å². The number of carboxylic acids is 1. The van der Waals surface area contributed by atoms with E-state index >= 15 is 0 Å². The number of carbonyl (C=O) groups excluding carboxylic acids is 5. The molecule has 0 aromatic rings. The van der Waals surface area contributed by atoms with Crippen molar-refractivity contribution in [1.82, 2.24) is 26.6 Å². The van der Waals surface area contributed by atoms with Gasteiger partial charge in [-0.25, -0.2) is 4.79 Å². The first-order valence-corrected chi connectivity index (χ1v) is 34.7. The molecule has 7 rings (SSSR count). The van der Waals surface area contributed by atoms with Gasteiger partial charge in [0.1, 0.15) is 183 Å². The van der Waals surface area contributed by atoms with E-state index in [2.05, 4.69) is 26.6 Å². The standard InChI is InChI=1S/C61H103N5O44/c1-16(75)62-21(7-67)47(35(83)23(81)8-68)104-54-32(64-18(3)77)40(88)49(28(13-73)100-54)106-58-45(93)53(39(87)25(10-70)98-58)109-56-34(66-20(5)79)42(90)50(29(14-74)102-56)107-59-46(94)52(38(86)26(11-71)99-59)108-55-33(65-19(4)78)41(89)48(27(12-72)101-55)105-57-44(92)43(91)37(85)30(103-57)15-97-61(60(95)96)6-22(80)31(63-17(2)76)51(110-61)36(84)24(82)9-69/h21-59,67-74,80-94H,6-15H2,1-5H3,(H,62,75)(H,63,76)(H,64,77)(H,65,78)(H,66,79)(H,95,96)/t21-,22-,23+,24+,25+,26+,27+,28+,29+,30+,31+,32+,33+,34+,35-,36+,37-,38-,39-,40+,41+,42+,43-,44+,45+,46+,47+,48+,49+,50+,51+,52-,53-,54-,55-,56-,57-,58-,59-,61+/m0/s1. The lowest BCUT2D eigenvalue weighted by molar-refractivity contribution is -0.386. The van der Waals surface area contributed by atoms with Crippen LogP contribution in [0.5, 0.6) is 0 Å². The summed E-state index contributed by atoms with van der Waals surface area (Å²) in [6, 6.07) is -8.97. The average molecular weight is 1610 g/mol. The first-order valence-electron chi connectivity index (χ1n) is 34.7. The predicted octanol–water partition coefficient (Wildman–Crippen LogP) is -18.9. The SMILES string of the molecule is CC(=O)N[C@H]1[C@H](O[C@H]2[C@@H](O)[C@@H](CO)O[C@@H](O[C@H]3[C@H](O)[C@@H](NC(C)=O)[C@H](O[C@H]4[C@@H](O)[C@@H](CO)O[C@@H](O[C@H]5[C@H](O)[C@@H](NC(C)=O)[C@H](O[C@@H]([C@@H](O)[C@H](O)CO)[C@H](CO)NC(C)=O)O[C@@H]5CO)[C@@H]4O)O[C@@H]3CO)[C@@H]2O)O[C@H](CO)[C@@H](O[C@@H]2O[C@H](CO[C@]3(C(=O)O)C[C@H](O)[C@@H](NC(C)=O)[C@H]([C@H](O)[C@H](O)CO)O3)[C@H](O)[C@H](O)[C@H]2O)[C@@H]1O. The number of carbonyl (C=O) groups is 6. The molecule has 7 aliphatic heterocycles. The van der Waals surface area contributed by atoms with Crippen LogP contribution in [0.4, 0.5) is 0 Å². The summed E-state index contributed by atoms with van der Waals surface area (Å²) < 4.78 is 81.8. The van der Waals surface area contributed by atoms with Gasteiger partial charge in [0.05, 0.1) is 77.6 Å². The number of rotatable bonds is 34. The highest BCUT2D eigenvalue weighted by Crippen LogP contribution is 2.40. The Hall–Kier alpha value is -4.66. The van der Waals surface area contributed by atoms with Gasteiger partial charge in [0.2, 0.25) is 29.5 Å². The summed E-state index contributed by atoms with van der Waals surface area (Å²) in [6.45, 7) is -5.32. The maximum absolute atomic E-state index is 12.9. The summed E-state index contributed by atoms with van der Waals surface area (Å²) in [5.41, 5.74) is 0. The van der Waals surface area contributed by atoms with Crippen molar-refractivity contribution in [1.29, 1.82) is 0 Å². The molecule has 0 radical (unpaired) electrons. The lowest BCUT2D eigenvalue weighted by Crippen LogP contribution is -2.71. The van der Waals surface area contributed by atoms with Crippen molar-refractivity contribution in [3.63, 3.8) is 0 Å². The number of aliphatic hydroxyl groups is 23. The fraction of sp³-hybridized carbons (Fsp3) is 0.902. The quantitative estimate of drug-likeness (QED) is 0.0284. The number of aliphatic carboxylic acids is 1. The zero-order chi connectivity index (χ0) is 82.0. The predicted molar refractivity (Wildman–Crippen MR) is 342 cm³/mol.